The van der Waals surface area contributed by atoms with Crippen LogP contribution in [0, 0.1) is 11.8 Å². The Kier molecular flexibility index (Phi) is 5.26. The fraction of sp³-hybridized carbons (Fsp3) is 0.750. The molecule has 5 heteroatoms. The van der Waals surface area contributed by atoms with Gasteiger partial charge in [0.25, 0.3) is 5.91 Å². The van der Waals surface area contributed by atoms with Crippen molar-refractivity contribution in [3.63, 3.8) is 0 Å². The normalized spacial score (nSPS) is 22.5. The summed E-state index contributed by atoms with van der Waals surface area (Å²) < 4.78 is 0. The van der Waals surface area contributed by atoms with Crippen LogP contribution in [-0.4, -0.2) is 22.6 Å². The molecule has 1 aromatic rings. The molecule has 1 aliphatic carbocycles. The number of anilines is 1. The third kappa shape index (κ3) is 3.99. The standard InChI is InChI=1S/C16H28N4O/c1-10(2)14-13(17)15(20-19-14)16(21)18-8-7-12-6-4-5-11(3)9-12/h10-12H,4-9,17H2,1-3H3,(H,18,21)(H,19,20). The van der Waals surface area contributed by atoms with Crippen LogP contribution < -0.4 is 11.1 Å². The van der Waals surface area contributed by atoms with E-state index in [2.05, 4.69) is 22.4 Å². The summed E-state index contributed by atoms with van der Waals surface area (Å²) in [5.74, 6) is 1.65. The van der Waals surface area contributed by atoms with Gasteiger partial charge in [-0.05, 0) is 30.6 Å². The number of H-pyrrole nitrogens is 1. The van der Waals surface area contributed by atoms with E-state index in [0.29, 0.717) is 17.9 Å². The summed E-state index contributed by atoms with van der Waals surface area (Å²) >= 11 is 0. The summed E-state index contributed by atoms with van der Waals surface area (Å²) in [5, 5.41) is 9.87. The van der Waals surface area contributed by atoms with E-state index < -0.39 is 0 Å². The van der Waals surface area contributed by atoms with Gasteiger partial charge in [-0.2, -0.15) is 5.10 Å². The molecule has 21 heavy (non-hydrogen) atoms. The van der Waals surface area contributed by atoms with Gasteiger partial charge in [0.1, 0.15) is 0 Å². The van der Waals surface area contributed by atoms with Gasteiger partial charge in [0.15, 0.2) is 5.69 Å². The maximum Gasteiger partial charge on any atom is 0.273 e. The van der Waals surface area contributed by atoms with E-state index in [4.69, 9.17) is 5.73 Å². The molecule has 1 fully saturated rings. The predicted molar refractivity (Wildman–Crippen MR) is 85.2 cm³/mol. The highest BCUT2D eigenvalue weighted by molar-refractivity contribution is 5.97. The molecule has 1 aliphatic rings. The number of carbonyl (C=O) groups is 1. The smallest absolute Gasteiger partial charge is 0.273 e. The molecule has 1 aromatic heterocycles. The number of nitrogen functional groups attached to an aromatic ring is 1. The van der Waals surface area contributed by atoms with Gasteiger partial charge in [0.2, 0.25) is 0 Å². The van der Waals surface area contributed by atoms with Crippen LogP contribution in [0.5, 0.6) is 0 Å². The van der Waals surface area contributed by atoms with Crippen LogP contribution in [0.25, 0.3) is 0 Å². The number of rotatable bonds is 5. The van der Waals surface area contributed by atoms with Crippen molar-refractivity contribution in [1.29, 1.82) is 0 Å². The lowest BCUT2D eigenvalue weighted by Crippen LogP contribution is -2.28. The molecular weight excluding hydrogens is 264 g/mol. The van der Waals surface area contributed by atoms with Crippen molar-refractivity contribution in [2.45, 2.75) is 58.8 Å². The van der Waals surface area contributed by atoms with Gasteiger partial charge in [0, 0.05) is 6.54 Å². The number of aromatic nitrogens is 2. The van der Waals surface area contributed by atoms with Gasteiger partial charge in [-0.3, -0.25) is 9.89 Å². The number of nitrogens with zero attached hydrogens (tertiary/aromatic N) is 1. The van der Waals surface area contributed by atoms with Crippen molar-refractivity contribution in [2.24, 2.45) is 11.8 Å². The average molecular weight is 292 g/mol. The van der Waals surface area contributed by atoms with Crippen molar-refractivity contribution < 1.29 is 4.79 Å². The molecule has 5 nitrogen and oxygen atoms in total. The summed E-state index contributed by atoms with van der Waals surface area (Å²) in [6.07, 6.45) is 6.31. The van der Waals surface area contributed by atoms with Gasteiger partial charge in [-0.15, -0.1) is 0 Å². The first-order chi connectivity index (χ1) is 9.99. The minimum Gasteiger partial charge on any atom is -0.395 e. The molecule has 2 atom stereocenters. The van der Waals surface area contributed by atoms with E-state index in [1.165, 1.54) is 25.7 Å². The number of hydrogen-bond donors (Lipinski definition) is 3. The van der Waals surface area contributed by atoms with Gasteiger partial charge >= 0.3 is 0 Å². The van der Waals surface area contributed by atoms with E-state index >= 15 is 0 Å². The second-order valence-electron chi connectivity index (χ2n) is 6.74. The quantitative estimate of drug-likeness (QED) is 0.780. The number of nitrogens with two attached hydrogens (primary N) is 1. The molecule has 0 bridgehead atoms. The Morgan fingerprint density at radius 2 is 2.24 bits per heavy atom. The molecule has 0 aromatic carbocycles. The summed E-state index contributed by atoms with van der Waals surface area (Å²) in [7, 11) is 0. The fourth-order valence-electron chi connectivity index (χ4n) is 3.27. The minimum absolute atomic E-state index is 0.167. The average Bonchev–Trinajstić information content (AvgIpc) is 2.80. The topological polar surface area (TPSA) is 83.8 Å². The van der Waals surface area contributed by atoms with E-state index in [0.717, 1.165) is 24.0 Å². The molecule has 0 saturated heterocycles. The zero-order chi connectivity index (χ0) is 15.4. The van der Waals surface area contributed by atoms with Gasteiger partial charge in [-0.25, -0.2) is 0 Å². The second-order valence-corrected chi connectivity index (χ2v) is 6.74. The molecule has 1 heterocycles. The van der Waals surface area contributed by atoms with Crippen molar-refractivity contribution >= 4 is 11.6 Å². The number of carbonyl (C=O) groups excluding carboxylic acids is 1. The van der Waals surface area contributed by atoms with Crippen molar-refractivity contribution in [2.75, 3.05) is 12.3 Å². The van der Waals surface area contributed by atoms with Crippen LogP contribution in [0.2, 0.25) is 0 Å². The molecular formula is C16H28N4O. The highest BCUT2D eigenvalue weighted by Crippen LogP contribution is 2.30. The fourth-order valence-corrected chi connectivity index (χ4v) is 3.27. The lowest BCUT2D eigenvalue weighted by molar-refractivity contribution is 0.0945. The Hall–Kier alpha value is -1.52. The van der Waals surface area contributed by atoms with Crippen molar-refractivity contribution in [3.05, 3.63) is 11.4 Å². The van der Waals surface area contributed by atoms with Crippen LogP contribution in [0.4, 0.5) is 5.69 Å². The third-order valence-corrected chi connectivity index (χ3v) is 4.51. The molecule has 118 valence electrons. The molecule has 1 amide bonds. The van der Waals surface area contributed by atoms with Crippen LogP contribution in [0.1, 0.15) is 75.0 Å². The maximum absolute atomic E-state index is 12.1. The Labute approximate surface area is 127 Å². The van der Waals surface area contributed by atoms with Gasteiger partial charge in [-0.1, -0.05) is 40.0 Å². The van der Waals surface area contributed by atoms with Crippen LogP contribution in [0.3, 0.4) is 0 Å². The number of amides is 1. The van der Waals surface area contributed by atoms with Gasteiger partial charge in [0.05, 0.1) is 11.4 Å². The van der Waals surface area contributed by atoms with E-state index in [1.807, 2.05) is 13.8 Å². The van der Waals surface area contributed by atoms with E-state index in [-0.39, 0.29) is 11.8 Å². The zero-order valence-electron chi connectivity index (χ0n) is 13.4. The lowest BCUT2D eigenvalue weighted by atomic mass is 9.81. The Bertz CT molecular complexity index is 481. The van der Waals surface area contributed by atoms with Gasteiger partial charge < -0.3 is 11.1 Å². The highest BCUT2D eigenvalue weighted by Gasteiger charge is 2.21. The minimum atomic E-state index is -0.167. The molecule has 0 spiro atoms. The number of aromatic amines is 1. The first-order valence-corrected chi connectivity index (χ1v) is 8.11. The van der Waals surface area contributed by atoms with E-state index in [1.54, 1.807) is 0 Å². The molecule has 2 rings (SSSR count). The largest absolute Gasteiger partial charge is 0.395 e. The summed E-state index contributed by atoms with van der Waals surface area (Å²) in [4.78, 5) is 12.1. The monoisotopic (exact) mass is 292 g/mol. The van der Waals surface area contributed by atoms with Crippen LogP contribution in [0.15, 0.2) is 0 Å². The molecule has 4 N–H and O–H groups in total. The Balaban J connectivity index is 1.82. The van der Waals surface area contributed by atoms with Crippen molar-refractivity contribution in [3.8, 4) is 0 Å². The SMILES string of the molecule is CC1CCCC(CCNC(=O)c2n[nH]c(C(C)C)c2N)C1. The highest BCUT2D eigenvalue weighted by atomic mass is 16.1. The second kappa shape index (κ2) is 6.96. The first kappa shape index (κ1) is 15.9. The van der Waals surface area contributed by atoms with Crippen LogP contribution >= 0.6 is 0 Å². The third-order valence-electron chi connectivity index (χ3n) is 4.51. The summed E-state index contributed by atoms with van der Waals surface area (Å²) in [6, 6.07) is 0. The number of nitrogens with one attached hydrogen (secondary N) is 2. The zero-order valence-corrected chi connectivity index (χ0v) is 13.4. The van der Waals surface area contributed by atoms with Crippen molar-refractivity contribution in [1.82, 2.24) is 15.5 Å². The maximum atomic E-state index is 12.1. The lowest BCUT2D eigenvalue weighted by Gasteiger charge is -2.26. The molecule has 0 radical (unpaired) electrons. The summed E-state index contributed by atoms with van der Waals surface area (Å²) in [5.41, 5.74) is 7.63. The Morgan fingerprint density at radius 1 is 1.48 bits per heavy atom. The number of hydrogen-bond acceptors (Lipinski definition) is 3. The molecule has 2 unspecified atom stereocenters. The van der Waals surface area contributed by atoms with E-state index in [9.17, 15) is 4.79 Å². The molecule has 0 aliphatic heterocycles. The predicted octanol–water partition coefficient (Wildman–Crippen LogP) is 3.06. The van der Waals surface area contributed by atoms with Crippen LogP contribution in [-0.2, 0) is 0 Å². The summed E-state index contributed by atoms with van der Waals surface area (Å²) in [6.45, 7) is 7.08. The Morgan fingerprint density at radius 3 is 2.86 bits per heavy atom. The molecule has 1 saturated carbocycles. The first-order valence-electron chi connectivity index (χ1n) is 8.11.